The number of pyridine rings is 1. The third-order valence-electron chi connectivity index (χ3n) is 5.61. The lowest BCUT2D eigenvalue weighted by atomic mass is 9.80. The molecule has 5 nitrogen and oxygen atoms in total. The summed E-state index contributed by atoms with van der Waals surface area (Å²) in [5.74, 6) is -2.63. The van der Waals surface area contributed by atoms with Crippen LogP contribution in [0.15, 0.2) is 66.9 Å². The monoisotopic (exact) mass is 635 g/mol. The van der Waals surface area contributed by atoms with E-state index in [1.165, 1.54) is 30.3 Å². The van der Waals surface area contributed by atoms with Crippen LogP contribution >= 0.6 is 11.6 Å². The minimum atomic E-state index is -6.00. The summed E-state index contributed by atoms with van der Waals surface area (Å²) in [5, 5.41) is 2.68. The number of nitrogens with one attached hydrogen (secondary N) is 2. The number of carbonyl (C=O) groups is 1. The van der Waals surface area contributed by atoms with Gasteiger partial charge in [-0.3, -0.25) is 4.98 Å². The van der Waals surface area contributed by atoms with E-state index in [1.54, 1.807) is 0 Å². The first-order valence-electron chi connectivity index (χ1n) is 11.4. The number of rotatable bonds is 9. The summed E-state index contributed by atoms with van der Waals surface area (Å²) < 4.78 is 151. The van der Waals surface area contributed by atoms with Gasteiger partial charge in [0.25, 0.3) is 0 Å². The van der Waals surface area contributed by atoms with E-state index in [-0.39, 0.29) is 22.3 Å². The van der Waals surface area contributed by atoms with Crippen LogP contribution in [0.4, 0.5) is 53.1 Å². The molecule has 0 aliphatic rings. The van der Waals surface area contributed by atoms with Gasteiger partial charge >= 0.3 is 30.9 Å². The molecule has 2 N–H and O–H groups in total. The van der Waals surface area contributed by atoms with Crippen molar-refractivity contribution in [3.05, 3.63) is 94.5 Å². The zero-order valence-electron chi connectivity index (χ0n) is 20.5. The average molecular weight is 636 g/mol. The van der Waals surface area contributed by atoms with Crippen molar-refractivity contribution in [3.63, 3.8) is 0 Å². The standard InChI is InChI=1S/C25H17ClF11N3O2/c26-15-6-7-18(38-12-15)22(11-13-4-2-1-3-5-13,40-21(41)39-19(23(30,31)32)24(33,34)35)14-8-16(27)10-17(9-14)42-25(36,37)20(28)29/h1-10,12,19-20H,11H2,(H2,39,40,41)/t22-/m0/s1. The van der Waals surface area contributed by atoms with Crippen LogP contribution in [0.25, 0.3) is 0 Å². The third-order valence-corrected chi connectivity index (χ3v) is 5.83. The first kappa shape index (κ1) is 32.7. The number of benzene rings is 2. The lowest BCUT2D eigenvalue weighted by molar-refractivity contribution is -0.255. The highest BCUT2D eigenvalue weighted by Crippen LogP contribution is 2.38. The Hall–Kier alpha value is -3.82. The normalized spacial score (nSPS) is 14.0. The number of amides is 2. The molecule has 2 amide bonds. The molecule has 0 aliphatic carbocycles. The van der Waals surface area contributed by atoms with Gasteiger partial charge in [0.2, 0.25) is 6.04 Å². The van der Waals surface area contributed by atoms with Gasteiger partial charge in [-0.2, -0.15) is 43.9 Å². The van der Waals surface area contributed by atoms with Crippen molar-refractivity contribution in [2.45, 2.75) is 42.9 Å². The number of ether oxygens (including phenoxy) is 1. The van der Waals surface area contributed by atoms with Gasteiger partial charge in [-0.05, 0) is 35.4 Å². The van der Waals surface area contributed by atoms with E-state index in [9.17, 15) is 53.1 Å². The SMILES string of the molecule is O=C(NC(C(F)(F)F)C(F)(F)F)N[C@@](Cc1ccccc1)(c1cc(F)cc(OC(F)(F)C(F)F)c1)c1ccc(Cl)cn1. The summed E-state index contributed by atoms with van der Waals surface area (Å²) in [6, 6.07) is 4.41. The van der Waals surface area contributed by atoms with Gasteiger partial charge < -0.3 is 15.4 Å². The fraction of sp³-hybridized carbons (Fsp3) is 0.280. The van der Waals surface area contributed by atoms with E-state index in [0.29, 0.717) is 12.1 Å². The molecule has 0 radical (unpaired) electrons. The van der Waals surface area contributed by atoms with Crippen molar-refractivity contribution in [2.24, 2.45) is 0 Å². The second-order valence-corrected chi connectivity index (χ2v) is 9.12. The molecule has 0 spiro atoms. The van der Waals surface area contributed by atoms with Crippen LogP contribution in [0.3, 0.4) is 0 Å². The summed E-state index contributed by atoms with van der Waals surface area (Å²) >= 11 is 5.85. The Morgan fingerprint density at radius 1 is 0.905 bits per heavy atom. The molecule has 1 aromatic heterocycles. The minimum absolute atomic E-state index is 0.0224. The fourth-order valence-electron chi connectivity index (χ4n) is 3.83. The van der Waals surface area contributed by atoms with Crippen LogP contribution in [0.1, 0.15) is 16.8 Å². The summed E-state index contributed by atoms with van der Waals surface area (Å²) in [6.07, 6.45) is -21.1. The molecule has 0 aliphatic heterocycles. The van der Waals surface area contributed by atoms with E-state index < -0.39 is 66.0 Å². The number of urea groups is 1. The van der Waals surface area contributed by atoms with E-state index >= 15 is 0 Å². The van der Waals surface area contributed by atoms with Crippen LogP contribution in [0.5, 0.6) is 5.75 Å². The Bertz CT molecular complexity index is 1360. The molecule has 2 aromatic carbocycles. The van der Waals surface area contributed by atoms with Gasteiger partial charge in [-0.15, -0.1) is 0 Å². The molecule has 42 heavy (non-hydrogen) atoms. The predicted octanol–water partition coefficient (Wildman–Crippen LogP) is 7.39. The largest absolute Gasteiger partial charge is 0.461 e. The Labute approximate surface area is 234 Å². The van der Waals surface area contributed by atoms with E-state index in [1.807, 2.05) is 5.32 Å². The van der Waals surface area contributed by atoms with Crippen molar-refractivity contribution in [3.8, 4) is 5.75 Å². The highest BCUT2D eigenvalue weighted by atomic mass is 35.5. The third kappa shape index (κ3) is 7.92. The van der Waals surface area contributed by atoms with Crippen LogP contribution in [0, 0.1) is 5.82 Å². The molecular weight excluding hydrogens is 619 g/mol. The number of hydrogen-bond acceptors (Lipinski definition) is 3. The molecule has 1 heterocycles. The fourth-order valence-corrected chi connectivity index (χ4v) is 3.94. The lowest BCUT2D eigenvalue weighted by Gasteiger charge is -2.36. The topological polar surface area (TPSA) is 63.2 Å². The Morgan fingerprint density at radius 3 is 2.05 bits per heavy atom. The molecule has 1 atom stereocenters. The quantitative estimate of drug-likeness (QED) is 0.241. The van der Waals surface area contributed by atoms with Crippen molar-refractivity contribution >= 4 is 17.6 Å². The summed E-state index contributed by atoms with van der Waals surface area (Å²) in [5.41, 5.74) is -3.22. The second kappa shape index (κ2) is 12.2. The molecule has 0 fully saturated rings. The average Bonchev–Trinajstić information content (AvgIpc) is 2.86. The van der Waals surface area contributed by atoms with Crippen molar-refractivity contribution in [1.29, 1.82) is 0 Å². The van der Waals surface area contributed by atoms with Gasteiger partial charge in [0.05, 0.1) is 10.7 Å². The first-order valence-corrected chi connectivity index (χ1v) is 11.8. The minimum Gasteiger partial charge on any atom is -0.428 e. The van der Waals surface area contributed by atoms with Crippen molar-refractivity contribution < 1.29 is 57.8 Å². The summed E-state index contributed by atoms with van der Waals surface area (Å²) in [4.78, 5) is 16.8. The van der Waals surface area contributed by atoms with Crippen molar-refractivity contribution in [2.75, 3.05) is 0 Å². The molecule has 3 aromatic rings. The van der Waals surface area contributed by atoms with E-state index in [4.69, 9.17) is 11.6 Å². The van der Waals surface area contributed by atoms with Crippen molar-refractivity contribution in [1.82, 2.24) is 15.6 Å². The summed E-state index contributed by atoms with van der Waals surface area (Å²) in [7, 11) is 0. The maximum atomic E-state index is 14.7. The first-order chi connectivity index (χ1) is 19.3. The molecule has 17 heteroatoms. The molecular formula is C25H17ClF11N3O2. The highest BCUT2D eigenvalue weighted by Gasteiger charge is 2.58. The second-order valence-electron chi connectivity index (χ2n) is 8.68. The Morgan fingerprint density at radius 2 is 1.52 bits per heavy atom. The lowest BCUT2D eigenvalue weighted by Crippen LogP contribution is -2.60. The van der Waals surface area contributed by atoms with Gasteiger partial charge in [0, 0.05) is 18.7 Å². The predicted molar refractivity (Wildman–Crippen MR) is 126 cm³/mol. The molecule has 0 saturated heterocycles. The van der Waals surface area contributed by atoms with Crippen LogP contribution < -0.4 is 15.4 Å². The van der Waals surface area contributed by atoms with Crippen LogP contribution in [-0.2, 0) is 12.0 Å². The molecule has 0 bridgehead atoms. The van der Waals surface area contributed by atoms with Crippen LogP contribution in [-0.4, -0.2) is 41.9 Å². The number of nitrogens with zero attached hydrogens (tertiary/aromatic N) is 1. The zero-order chi connectivity index (χ0) is 31.5. The van der Waals surface area contributed by atoms with E-state index in [2.05, 4.69) is 9.72 Å². The number of halogens is 12. The zero-order valence-corrected chi connectivity index (χ0v) is 21.3. The smallest absolute Gasteiger partial charge is 0.428 e. The van der Waals surface area contributed by atoms with Crippen LogP contribution in [0.2, 0.25) is 5.02 Å². The van der Waals surface area contributed by atoms with Gasteiger partial charge in [0.15, 0.2) is 0 Å². The number of carbonyl (C=O) groups excluding carboxylic acids is 1. The van der Waals surface area contributed by atoms with Gasteiger partial charge in [0.1, 0.15) is 17.1 Å². The number of hydrogen-bond donors (Lipinski definition) is 2. The number of alkyl halides is 10. The molecule has 3 rings (SSSR count). The Balaban J connectivity index is 2.26. The Kier molecular flexibility index (Phi) is 9.49. The molecule has 0 unspecified atom stereocenters. The van der Waals surface area contributed by atoms with E-state index in [0.717, 1.165) is 23.6 Å². The highest BCUT2D eigenvalue weighted by molar-refractivity contribution is 6.30. The maximum Gasteiger partial charge on any atom is 0.461 e. The summed E-state index contributed by atoms with van der Waals surface area (Å²) in [6.45, 7) is 0. The van der Waals surface area contributed by atoms with Gasteiger partial charge in [-0.1, -0.05) is 41.9 Å². The number of aromatic nitrogens is 1. The maximum absolute atomic E-state index is 14.7. The van der Waals surface area contributed by atoms with Gasteiger partial charge in [-0.25, -0.2) is 9.18 Å². The molecule has 0 saturated carbocycles. The molecule has 228 valence electrons.